The van der Waals surface area contributed by atoms with Gasteiger partial charge in [0.15, 0.2) is 0 Å². The van der Waals surface area contributed by atoms with Crippen molar-refractivity contribution in [3.8, 4) is 5.75 Å². The van der Waals surface area contributed by atoms with Gasteiger partial charge in [0.05, 0.1) is 23.1 Å². The molecular weight excluding hydrogens is 310 g/mol. The molecule has 1 aromatic carbocycles. The number of benzene rings is 1. The Morgan fingerprint density at radius 3 is 2.65 bits per heavy atom. The number of rotatable bonds is 5. The van der Waals surface area contributed by atoms with Gasteiger partial charge in [-0.1, -0.05) is 0 Å². The highest BCUT2D eigenvalue weighted by atomic mass is 79.9. The molecule has 96 valence electrons. The lowest BCUT2D eigenvalue weighted by Gasteiger charge is -2.12. The van der Waals surface area contributed by atoms with Crippen LogP contribution in [0.25, 0.3) is 0 Å². The molecule has 0 bridgehead atoms. The van der Waals surface area contributed by atoms with Gasteiger partial charge in [-0.05, 0) is 41.1 Å². The molecule has 1 rings (SSSR count). The van der Waals surface area contributed by atoms with E-state index < -0.39 is 16.1 Å². The zero-order chi connectivity index (χ0) is 13.1. The van der Waals surface area contributed by atoms with Crippen molar-refractivity contribution in [3.05, 3.63) is 22.7 Å². The number of aliphatic hydroxyl groups is 1. The highest BCUT2D eigenvalue weighted by Gasteiger charge is 2.18. The van der Waals surface area contributed by atoms with E-state index in [9.17, 15) is 8.42 Å². The monoisotopic (exact) mass is 323 g/mol. The lowest BCUT2D eigenvalue weighted by molar-refractivity contribution is 0.265. The number of hydrogen-bond acceptors (Lipinski definition) is 4. The normalized spacial score (nSPS) is 13.4. The number of aliphatic hydroxyl groups excluding tert-OH is 1. The van der Waals surface area contributed by atoms with Crippen molar-refractivity contribution < 1.29 is 18.3 Å². The van der Waals surface area contributed by atoms with E-state index in [0.717, 1.165) is 0 Å². The summed E-state index contributed by atoms with van der Waals surface area (Å²) in [7, 11) is -2.11. The maximum atomic E-state index is 11.9. The summed E-state index contributed by atoms with van der Waals surface area (Å²) in [6.07, 6.45) is 0. The highest BCUT2D eigenvalue weighted by molar-refractivity contribution is 9.10. The molecule has 0 unspecified atom stereocenters. The Morgan fingerprint density at radius 2 is 2.18 bits per heavy atom. The van der Waals surface area contributed by atoms with Crippen LogP contribution in [0.1, 0.15) is 6.92 Å². The van der Waals surface area contributed by atoms with Gasteiger partial charge in [0.2, 0.25) is 10.0 Å². The van der Waals surface area contributed by atoms with Crippen LogP contribution in [-0.2, 0) is 10.0 Å². The summed E-state index contributed by atoms with van der Waals surface area (Å²) < 4.78 is 31.7. The number of hydrogen-bond donors (Lipinski definition) is 2. The second-order valence-electron chi connectivity index (χ2n) is 3.50. The third-order valence-corrected chi connectivity index (χ3v) is 4.27. The zero-order valence-electron chi connectivity index (χ0n) is 9.47. The fraction of sp³-hybridized carbons (Fsp3) is 0.400. The first-order valence-corrected chi connectivity index (χ1v) is 7.15. The molecule has 0 aliphatic carbocycles. The standard InChI is InChI=1S/C10H14BrNO4S/c1-7(6-13)12-17(14,15)8-3-4-10(16-2)9(11)5-8/h3-5,7,12-13H,6H2,1-2H3/t7-/m1/s1. The molecule has 0 saturated heterocycles. The minimum atomic E-state index is -3.61. The van der Waals surface area contributed by atoms with E-state index in [1.54, 1.807) is 13.0 Å². The molecule has 0 spiro atoms. The van der Waals surface area contributed by atoms with Crippen LogP contribution in [0.4, 0.5) is 0 Å². The minimum absolute atomic E-state index is 0.116. The second kappa shape index (κ2) is 5.81. The Morgan fingerprint density at radius 1 is 1.53 bits per heavy atom. The van der Waals surface area contributed by atoms with Crippen LogP contribution >= 0.6 is 15.9 Å². The van der Waals surface area contributed by atoms with E-state index in [-0.39, 0.29) is 11.5 Å². The first-order valence-electron chi connectivity index (χ1n) is 4.87. The molecule has 0 aromatic heterocycles. The number of nitrogens with one attached hydrogen (secondary N) is 1. The second-order valence-corrected chi connectivity index (χ2v) is 6.07. The molecule has 0 radical (unpaired) electrons. The van der Waals surface area contributed by atoms with E-state index in [2.05, 4.69) is 20.7 Å². The zero-order valence-corrected chi connectivity index (χ0v) is 11.9. The molecule has 1 atom stereocenters. The van der Waals surface area contributed by atoms with Crippen LogP contribution in [0.2, 0.25) is 0 Å². The van der Waals surface area contributed by atoms with Gasteiger partial charge in [0, 0.05) is 6.04 Å². The average Bonchev–Trinajstić information content (AvgIpc) is 2.28. The molecule has 7 heteroatoms. The largest absolute Gasteiger partial charge is 0.496 e. The summed E-state index contributed by atoms with van der Waals surface area (Å²) in [6, 6.07) is 3.92. The molecule has 0 saturated carbocycles. The summed E-state index contributed by atoms with van der Waals surface area (Å²) in [5, 5.41) is 8.83. The van der Waals surface area contributed by atoms with Gasteiger partial charge < -0.3 is 9.84 Å². The minimum Gasteiger partial charge on any atom is -0.496 e. The number of ether oxygens (including phenoxy) is 1. The Balaban J connectivity index is 3.04. The molecule has 5 nitrogen and oxygen atoms in total. The van der Waals surface area contributed by atoms with Crippen molar-refractivity contribution in [1.82, 2.24) is 4.72 Å². The fourth-order valence-corrected chi connectivity index (χ4v) is 3.14. The van der Waals surface area contributed by atoms with Crippen molar-refractivity contribution in [2.45, 2.75) is 17.9 Å². The Hall–Kier alpha value is -0.630. The first kappa shape index (κ1) is 14.4. The van der Waals surface area contributed by atoms with Crippen molar-refractivity contribution in [2.24, 2.45) is 0 Å². The summed E-state index contributed by atoms with van der Waals surface area (Å²) in [5.74, 6) is 0.555. The molecule has 0 aliphatic heterocycles. The Labute approximate surface area is 109 Å². The van der Waals surface area contributed by atoms with Crippen LogP contribution < -0.4 is 9.46 Å². The van der Waals surface area contributed by atoms with Gasteiger partial charge >= 0.3 is 0 Å². The van der Waals surface area contributed by atoms with Crippen LogP contribution in [0.5, 0.6) is 5.75 Å². The maximum Gasteiger partial charge on any atom is 0.240 e. The quantitative estimate of drug-likeness (QED) is 0.851. The van der Waals surface area contributed by atoms with Gasteiger partial charge in [0.1, 0.15) is 5.75 Å². The number of halogens is 1. The molecule has 17 heavy (non-hydrogen) atoms. The lowest BCUT2D eigenvalue weighted by atomic mass is 10.3. The Bertz CT molecular complexity index is 489. The van der Waals surface area contributed by atoms with Crippen LogP contribution in [0, 0.1) is 0 Å². The van der Waals surface area contributed by atoms with E-state index >= 15 is 0 Å². The predicted molar refractivity (Wildman–Crippen MR) is 67.6 cm³/mol. The number of methoxy groups -OCH3 is 1. The first-order chi connectivity index (χ1) is 7.90. The highest BCUT2D eigenvalue weighted by Crippen LogP contribution is 2.27. The topological polar surface area (TPSA) is 75.6 Å². The smallest absolute Gasteiger partial charge is 0.240 e. The molecule has 2 N–H and O–H groups in total. The maximum absolute atomic E-state index is 11.9. The third kappa shape index (κ3) is 3.67. The van der Waals surface area contributed by atoms with Gasteiger partial charge in [0.25, 0.3) is 0 Å². The summed E-state index contributed by atoms with van der Waals surface area (Å²) >= 11 is 3.22. The van der Waals surface area contributed by atoms with E-state index in [0.29, 0.717) is 10.2 Å². The Kier molecular flexibility index (Phi) is 4.93. The lowest BCUT2D eigenvalue weighted by Crippen LogP contribution is -2.34. The van der Waals surface area contributed by atoms with Crippen molar-refractivity contribution in [2.75, 3.05) is 13.7 Å². The molecule has 1 aromatic rings. The van der Waals surface area contributed by atoms with Crippen molar-refractivity contribution >= 4 is 26.0 Å². The van der Waals surface area contributed by atoms with E-state index in [4.69, 9.17) is 9.84 Å². The van der Waals surface area contributed by atoms with Gasteiger partial charge in [-0.3, -0.25) is 0 Å². The average molecular weight is 324 g/mol. The number of sulfonamides is 1. The molecule has 0 fully saturated rings. The summed E-state index contributed by atoms with van der Waals surface area (Å²) in [4.78, 5) is 0.116. The van der Waals surface area contributed by atoms with Crippen LogP contribution in [-0.4, -0.2) is 33.3 Å². The molecular formula is C10H14BrNO4S. The summed E-state index contributed by atoms with van der Waals surface area (Å²) in [5.41, 5.74) is 0. The molecule has 0 heterocycles. The van der Waals surface area contributed by atoms with Crippen LogP contribution in [0.3, 0.4) is 0 Å². The third-order valence-electron chi connectivity index (χ3n) is 2.06. The molecule has 0 aliphatic rings. The molecule has 0 amide bonds. The van der Waals surface area contributed by atoms with Crippen molar-refractivity contribution in [3.63, 3.8) is 0 Å². The van der Waals surface area contributed by atoms with Gasteiger partial charge in [-0.2, -0.15) is 0 Å². The van der Waals surface area contributed by atoms with Gasteiger partial charge in [-0.25, -0.2) is 13.1 Å². The summed E-state index contributed by atoms with van der Waals surface area (Å²) in [6.45, 7) is 1.33. The van der Waals surface area contributed by atoms with Crippen LogP contribution in [0.15, 0.2) is 27.6 Å². The van der Waals surface area contributed by atoms with Crippen molar-refractivity contribution in [1.29, 1.82) is 0 Å². The van der Waals surface area contributed by atoms with E-state index in [1.807, 2.05) is 0 Å². The predicted octanol–water partition coefficient (Wildman–Crippen LogP) is 1.12. The fourth-order valence-electron chi connectivity index (χ4n) is 1.18. The SMILES string of the molecule is COc1ccc(S(=O)(=O)N[C@H](C)CO)cc1Br. The van der Waals surface area contributed by atoms with E-state index in [1.165, 1.54) is 19.2 Å². The van der Waals surface area contributed by atoms with Gasteiger partial charge in [-0.15, -0.1) is 0 Å².